The normalized spacial score (nSPS) is 17.3. The Morgan fingerprint density at radius 3 is 2.47 bits per heavy atom. The van der Waals surface area contributed by atoms with Crippen LogP contribution in [0.25, 0.3) is 6.08 Å². The number of non-ortho nitro benzene ring substituents is 1. The molecule has 86 valence electrons. The molecule has 0 aromatic heterocycles. The van der Waals surface area contributed by atoms with Gasteiger partial charge in [0, 0.05) is 12.1 Å². The number of amides is 1. The molecule has 0 bridgehead atoms. The van der Waals surface area contributed by atoms with E-state index >= 15 is 0 Å². The van der Waals surface area contributed by atoms with Crippen LogP contribution < -0.4 is 5.32 Å². The monoisotopic (exact) mass is 266 g/mol. The van der Waals surface area contributed by atoms with Crippen LogP contribution in [0.15, 0.2) is 29.2 Å². The number of benzene rings is 1. The van der Waals surface area contributed by atoms with Crippen LogP contribution in [0.3, 0.4) is 0 Å². The van der Waals surface area contributed by atoms with Gasteiger partial charge < -0.3 is 5.32 Å². The predicted molar refractivity (Wildman–Crippen MR) is 69.8 cm³/mol. The van der Waals surface area contributed by atoms with Crippen LogP contribution in [-0.2, 0) is 0 Å². The van der Waals surface area contributed by atoms with Crippen molar-refractivity contribution in [2.75, 3.05) is 0 Å². The summed E-state index contributed by atoms with van der Waals surface area (Å²) in [5.74, 6) is 0. The molecule has 1 amide bonds. The molecule has 2 rings (SSSR count). The molecule has 1 aromatic carbocycles. The Labute approximate surface area is 106 Å². The molecule has 0 aliphatic carbocycles. The van der Waals surface area contributed by atoms with Crippen LogP contribution >= 0.6 is 24.0 Å². The molecule has 0 saturated carbocycles. The summed E-state index contributed by atoms with van der Waals surface area (Å²) < 4.78 is 0. The summed E-state index contributed by atoms with van der Waals surface area (Å²) >= 11 is 5.97. The minimum atomic E-state index is -0.461. The van der Waals surface area contributed by atoms with E-state index in [4.69, 9.17) is 12.2 Å². The molecule has 17 heavy (non-hydrogen) atoms. The zero-order valence-electron chi connectivity index (χ0n) is 8.38. The number of hydrogen-bond acceptors (Lipinski definition) is 5. The first-order chi connectivity index (χ1) is 8.06. The quantitative estimate of drug-likeness (QED) is 0.385. The van der Waals surface area contributed by atoms with Crippen LogP contribution in [0.2, 0.25) is 0 Å². The van der Waals surface area contributed by atoms with Gasteiger partial charge in [-0.15, -0.1) is 0 Å². The number of carbonyl (C=O) groups excluding carboxylic acids is 1. The molecular formula is C10H6N2O3S2. The second-order valence-corrected chi connectivity index (χ2v) is 4.62. The molecule has 0 unspecified atom stereocenters. The molecule has 0 radical (unpaired) electrons. The van der Waals surface area contributed by atoms with Crippen molar-refractivity contribution < 1.29 is 9.72 Å². The van der Waals surface area contributed by atoms with Crippen LogP contribution in [0.4, 0.5) is 10.5 Å². The van der Waals surface area contributed by atoms with Crippen molar-refractivity contribution in [3.8, 4) is 0 Å². The third kappa shape index (κ3) is 2.69. The van der Waals surface area contributed by atoms with Gasteiger partial charge in [-0.3, -0.25) is 14.9 Å². The molecule has 5 nitrogen and oxygen atoms in total. The molecule has 1 aromatic rings. The molecule has 1 heterocycles. The van der Waals surface area contributed by atoms with E-state index in [0.717, 1.165) is 17.3 Å². The topological polar surface area (TPSA) is 72.2 Å². The fraction of sp³-hybridized carbons (Fsp3) is 0. The number of thiocarbonyl (C=S) groups is 1. The van der Waals surface area contributed by atoms with E-state index in [1.54, 1.807) is 18.2 Å². The lowest BCUT2D eigenvalue weighted by molar-refractivity contribution is -0.384. The number of nitro benzene ring substituents is 1. The lowest BCUT2D eigenvalue weighted by atomic mass is 10.2. The first-order valence-electron chi connectivity index (χ1n) is 4.55. The Bertz CT molecular complexity index is 537. The highest BCUT2D eigenvalue weighted by Gasteiger charge is 2.21. The predicted octanol–water partition coefficient (Wildman–Crippen LogP) is 2.72. The van der Waals surface area contributed by atoms with Crippen LogP contribution in [0.1, 0.15) is 5.56 Å². The minimum absolute atomic E-state index is 0.0306. The summed E-state index contributed by atoms with van der Waals surface area (Å²) in [6.45, 7) is 0. The van der Waals surface area contributed by atoms with Gasteiger partial charge in [-0.25, -0.2) is 0 Å². The number of hydrogen-bond donors (Lipinski definition) is 1. The standard InChI is InChI=1S/C10H6N2O3S2/c13-10-11-9(16)8(17-10)5-6-1-3-7(4-2-6)12(14)15/h1-5H,(H,11,13,16)/b8-5+. The van der Waals surface area contributed by atoms with Gasteiger partial charge in [0.15, 0.2) is 0 Å². The van der Waals surface area contributed by atoms with E-state index < -0.39 is 4.92 Å². The third-order valence-electron chi connectivity index (χ3n) is 2.04. The lowest BCUT2D eigenvalue weighted by Crippen LogP contribution is -2.15. The zero-order valence-corrected chi connectivity index (χ0v) is 10.0. The second-order valence-electron chi connectivity index (χ2n) is 3.20. The summed E-state index contributed by atoms with van der Waals surface area (Å²) in [5.41, 5.74) is 0.792. The van der Waals surface area contributed by atoms with Gasteiger partial charge in [-0.1, -0.05) is 12.2 Å². The summed E-state index contributed by atoms with van der Waals surface area (Å²) in [6, 6.07) is 6.03. The maximum Gasteiger partial charge on any atom is 0.289 e. The number of rotatable bonds is 2. The van der Waals surface area contributed by atoms with E-state index in [1.165, 1.54) is 12.1 Å². The minimum Gasteiger partial charge on any atom is -0.307 e. The first-order valence-corrected chi connectivity index (χ1v) is 5.78. The van der Waals surface area contributed by atoms with Crippen molar-refractivity contribution in [2.45, 2.75) is 0 Å². The van der Waals surface area contributed by atoms with E-state index in [9.17, 15) is 14.9 Å². The number of nitrogens with zero attached hydrogens (tertiary/aromatic N) is 1. The van der Waals surface area contributed by atoms with Crippen molar-refractivity contribution in [2.24, 2.45) is 0 Å². The maximum absolute atomic E-state index is 11.0. The summed E-state index contributed by atoms with van der Waals surface area (Å²) in [7, 11) is 0. The van der Waals surface area contributed by atoms with Crippen molar-refractivity contribution >= 4 is 46.0 Å². The Morgan fingerprint density at radius 2 is 2.00 bits per heavy atom. The molecule has 7 heteroatoms. The SMILES string of the molecule is O=C1NC(=S)/C(=C\c2ccc([N+](=O)[O-])cc2)S1. The molecule has 1 aliphatic rings. The highest BCUT2D eigenvalue weighted by Crippen LogP contribution is 2.26. The van der Waals surface area contributed by atoms with Crippen molar-refractivity contribution in [1.29, 1.82) is 0 Å². The fourth-order valence-corrected chi connectivity index (χ4v) is 2.30. The molecule has 1 saturated heterocycles. The fourth-order valence-electron chi connectivity index (χ4n) is 1.26. The van der Waals surface area contributed by atoms with E-state index in [0.29, 0.717) is 9.89 Å². The van der Waals surface area contributed by atoms with Gasteiger partial charge in [-0.05, 0) is 35.5 Å². The average molecular weight is 266 g/mol. The Morgan fingerprint density at radius 1 is 1.35 bits per heavy atom. The van der Waals surface area contributed by atoms with Gasteiger partial charge >= 0.3 is 0 Å². The summed E-state index contributed by atoms with van der Waals surface area (Å²) in [6.07, 6.45) is 1.72. The lowest BCUT2D eigenvalue weighted by Gasteiger charge is -1.96. The Hall–Kier alpha value is -1.73. The number of nitro groups is 1. The van der Waals surface area contributed by atoms with Gasteiger partial charge in [-0.2, -0.15) is 0 Å². The smallest absolute Gasteiger partial charge is 0.289 e. The summed E-state index contributed by atoms with van der Waals surface area (Å²) in [5, 5.41) is 12.8. The van der Waals surface area contributed by atoms with Crippen LogP contribution in [-0.4, -0.2) is 15.2 Å². The second kappa shape index (κ2) is 4.64. The van der Waals surface area contributed by atoms with Crippen molar-refractivity contribution in [1.82, 2.24) is 5.32 Å². The molecule has 0 atom stereocenters. The number of nitrogens with one attached hydrogen (secondary N) is 1. The van der Waals surface area contributed by atoms with Crippen molar-refractivity contribution in [3.05, 3.63) is 44.8 Å². The number of carbonyl (C=O) groups is 1. The number of thioether (sulfide) groups is 1. The Balaban J connectivity index is 2.24. The van der Waals surface area contributed by atoms with Gasteiger partial charge in [0.1, 0.15) is 4.99 Å². The van der Waals surface area contributed by atoms with Crippen LogP contribution in [0, 0.1) is 10.1 Å². The zero-order chi connectivity index (χ0) is 12.4. The van der Waals surface area contributed by atoms with Gasteiger partial charge in [0.25, 0.3) is 10.9 Å². The van der Waals surface area contributed by atoms with E-state index in [1.807, 2.05) is 0 Å². The first kappa shape index (κ1) is 11.7. The third-order valence-corrected chi connectivity index (χ3v) is 3.32. The van der Waals surface area contributed by atoms with Gasteiger partial charge in [0.05, 0.1) is 9.83 Å². The van der Waals surface area contributed by atoms with Crippen molar-refractivity contribution in [3.63, 3.8) is 0 Å². The highest BCUT2D eigenvalue weighted by atomic mass is 32.2. The largest absolute Gasteiger partial charge is 0.307 e. The highest BCUT2D eigenvalue weighted by molar-refractivity contribution is 8.19. The summed E-state index contributed by atoms with van der Waals surface area (Å²) in [4.78, 5) is 22.1. The van der Waals surface area contributed by atoms with Gasteiger partial charge in [0.2, 0.25) is 0 Å². The molecule has 0 spiro atoms. The van der Waals surface area contributed by atoms with E-state index in [-0.39, 0.29) is 10.9 Å². The van der Waals surface area contributed by atoms with E-state index in [2.05, 4.69) is 5.32 Å². The maximum atomic E-state index is 11.0. The van der Waals surface area contributed by atoms with Crippen LogP contribution in [0.5, 0.6) is 0 Å². The molecule has 1 N–H and O–H groups in total. The molecule has 1 fully saturated rings. The molecular weight excluding hydrogens is 260 g/mol. The Kier molecular flexibility index (Phi) is 3.21. The average Bonchev–Trinajstić information content (AvgIpc) is 2.58. The molecule has 1 aliphatic heterocycles.